The van der Waals surface area contributed by atoms with Crippen molar-refractivity contribution in [2.24, 2.45) is 0 Å². The van der Waals surface area contributed by atoms with Gasteiger partial charge in [-0.1, -0.05) is 49.6 Å². The molecule has 5 heteroatoms. The lowest BCUT2D eigenvalue weighted by molar-refractivity contribution is 0.0520. The maximum atomic E-state index is 13.3. The number of carbonyl (C=O) groups is 1. The van der Waals surface area contributed by atoms with Gasteiger partial charge in [0.25, 0.3) is 5.56 Å². The van der Waals surface area contributed by atoms with E-state index in [2.05, 4.69) is 0 Å². The van der Waals surface area contributed by atoms with Crippen LogP contribution in [-0.4, -0.2) is 22.2 Å². The summed E-state index contributed by atoms with van der Waals surface area (Å²) in [6, 6.07) is 9.05. The molecule has 0 amide bonds. The standard InChI is InChI=1S/C21H25NO4/c1-3-26-21(25)17-14(2)22(16-12-8-5-9-13-16)20(24)18(19(17)23)15-10-6-4-7-11-15/h4,6-7,10-11,16,23H,3,5,8-9,12-13H2,1-2H3. The molecule has 0 atom stereocenters. The Labute approximate surface area is 153 Å². The number of benzene rings is 1. The zero-order chi connectivity index (χ0) is 18.7. The topological polar surface area (TPSA) is 68.5 Å². The van der Waals surface area contributed by atoms with Crippen LogP contribution in [0.15, 0.2) is 35.1 Å². The highest BCUT2D eigenvalue weighted by Gasteiger charge is 2.29. The number of ether oxygens (including phenoxy) is 1. The van der Waals surface area contributed by atoms with Gasteiger partial charge in [-0.05, 0) is 32.3 Å². The molecule has 0 saturated heterocycles. The van der Waals surface area contributed by atoms with E-state index in [-0.39, 0.29) is 35.1 Å². The molecule has 0 bridgehead atoms. The summed E-state index contributed by atoms with van der Waals surface area (Å²) in [5.74, 6) is -0.881. The molecule has 1 heterocycles. The van der Waals surface area contributed by atoms with Crippen molar-refractivity contribution in [1.82, 2.24) is 4.57 Å². The zero-order valence-corrected chi connectivity index (χ0v) is 15.3. The molecule has 3 rings (SSSR count). The molecule has 0 unspecified atom stereocenters. The Morgan fingerprint density at radius 1 is 1.19 bits per heavy atom. The van der Waals surface area contributed by atoms with Crippen LogP contribution in [0.3, 0.4) is 0 Å². The van der Waals surface area contributed by atoms with E-state index in [0.29, 0.717) is 11.3 Å². The van der Waals surface area contributed by atoms with Crippen molar-refractivity contribution < 1.29 is 14.6 Å². The maximum Gasteiger partial charge on any atom is 0.343 e. The smallest absolute Gasteiger partial charge is 0.343 e. The number of aromatic nitrogens is 1. The van der Waals surface area contributed by atoms with Gasteiger partial charge in [0.15, 0.2) is 0 Å². The van der Waals surface area contributed by atoms with E-state index < -0.39 is 5.97 Å². The first-order chi connectivity index (χ1) is 12.6. The van der Waals surface area contributed by atoms with Crippen molar-refractivity contribution in [3.05, 3.63) is 51.9 Å². The summed E-state index contributed by atoms with van der Waals surface area (Å²) in [6.45, 7) is 3.65. The normalized spacial score (nSPS) is 15.0. The first-order valence-electron chi connectivity index (χ1n) is 9.26. The summed E-state index contributed by atoms with van der Waals surface area (Å²) in [5, 5.41) is 10.8. The van der Waals surface area contributed by atoms with Crippen molar-refractivity contribution in [2.75, 3.05) is 6.61 Å². The van der Waals surface area contributed by atoms with E-state index in [4.69, 9.17) is 4.74 Å². The lowest BCUT2D eigenvalue weighted by Crippen LogP contribution is -2.31. The summed E-state index contributed by atoms with van der Waals surface area (Å²) < 4.78 is 6.85. The summed E-state index contributed by atoms with van der Waals surface area (Å²) in [5.41, 5.74) is 1.11. The lowest BCUT2D eigenvalue weighted by Gasteiger charge is -2.28. The van der Waals surface area contributed by atoms with Gasteiger partial charge in [0.05, 0.1) is 12.2 Å². The van der Waals surface area contributed by atoms with Crippen molar-refractivity contribution >= 4 is 5.97 Å². The molecule has 1 saturated carbocycles. The summed E-state index contributed by atoms with van der Waals surface area (Å²) >= 11 is 0. The van der Waals surface area contributed by atoms with E-state index in [1.165, 1.54) is 6.42 Å². The maximum absolute atomic E-state index is 13.3. The Bertz CT molecular complexity index is 849. The van der Waals surface area contributed by atoms with Crippen LogP contribution < -0.4 is 5.56 Å². The Balaban J connectivity index is 2.28. The molecule has 1 aromatic heterocycles. The first-order valence-corrected chi connectivity index (χ1v) is 9.26. The summed E-state index contributed by atoms with van der Waals surface area (Å²) in [4.78, 5) is 25.8. The van der Waals surface area contributed by atoms with Crippen LogP contribution in [0.1, 0.15) is 61.1 Å². The van der Waals surface area contributed by atoms with Crippen LogP contribution in [-0.2, 0) is 4.74 Å². The number of esters is 1. The van der Waals surface area contributed by atoms with Gasteiger partial charge in [-0.2, -0.15) is 0 Å². The van der Waals surface area contributed by atoms with Crippen LogP contribution >= 0.6 is 0 Å². The minimum atomic E-state index is -0.593. The zero-order valence-electron chi connectivity index (χ0n) is 15.3. The van der Waals surface area contributed by atoms with Crippen molar-refractivity contribution in [1.29, 1.82) is 0 Å². The molecule has 1 fully saturated rings. The molecule has 1 aliphatic rings. The molecule has 0 spiro atoms. The van der Waals surface area contributed by atoms with Crippen molar-refractivity contribution in [3.63, 3.8) is 0 Å². The van der Waals surface area contributed by atoms with Gasteiger partial charge in [0, 0.05) is 11.7 Å². The van der Waals surface area contributed by atoms with Crippen LogP contribution in [0, 0.1) is 6.92 Å². The van der Waals surface area contributed by atoms with Gasteiger partial charge < -0.3 is 14.4 Å². The Hall–Kier alpha value is -2.56. The predicted molar refractivity (Wildman–Crippen MR) is 101 cm³/mol. The minimum absolute atomic E-state index is 0.0486. The van der Waals surface area contributed by atoms with Crippen LogP contribution in [0.4, 0.5) is 0 Å². The van der Waals surface area contributed by atoms with E-state index in [9.17, 15) is 14.7 Å². The predicted octanol–water partition coefficient (Wildman–Crippen LogP) is 4.21. The number of nitrogens with zero attached hydrogens (tertiary/aromatic N) is 1. The van der Waals surface area contributed by atoms with Gasteiger partial charge in [-0.25, -0.2) is 4.79 Å². The Morgan fingerprint density at radius 2 is 1.85 bits per heavy atom. The van der Waals surface area contributed by atoms with E-state index in [1.807, 2.05) is 18.2 Å². The monoisotopic (exact) mass is 355 g/mol. The SMILES string of the molecule is CCOC(=O)c1c(O)c(-c2ccccc2)c(=O)n(C2CCCCC2)c1C. The number of aromatic hydroxyl groups is 1. The Kier molecular flexibility index (Phi) is 5.45. The highest BCUT2D eigenvalue weighted by molar-refractivity contribution is 5.96. The molecule has 1 N–H and O–H groups in total. The highest BCUT2D eigenvalue weighted by atomic mass is 16.5. The molecule has 0 aliphatic heterocycles. The van der Waals surface area contributed by atoms with E-state index >= 15 is 0 Å². The third kappa shape index (κ3) is 3.26. The van der Waals surface area contributed by atoms with Crippen LogP contribution in [0.25, 0.3) is 11.1 Å². The summed E-state index contributed by atoms with van der Waals surface area (Å²) in [6.07, 6.45) is 5.10. The van der Waals surface area contributed by atoms with Crippen molar-refractivity contribution in [2.45, 2.75) is 52.0 Å². The van der Waals surface area contributed by atoms with E-state index in [0.717, 1.165) is 25.7 Å². The molecule has 0 radical (unpaired) electrons. The van der Waals surface area contributed by atoms with Gasteiger partial charge in [-0.3, -0.25) is 4.79 Å². The highest BCUT2D eigenvalue weighted by Crippen LogP contribution is 2.35. The summed E-state index contributed by atoms with van der Waals surface area (Å²) in [7, 11) is 0. The number of hydrogen-bond donors (Lipinski definition) is 1. The largest absolute Gasteiger partial charge is 0.506 e. The number of rotatable bonds is 4. The van der Waals surface area contributed by atoms with Gasteiger partial charge >= 0.3 is 5.97 Å². The van der Waals surface area contributed by atoms with Gasteiger partial charge in [0.2, 0.25) is 0 Å². The number of carbonyl (C=O) groups excluding carboxylic acids is 1. The third-order valence-electron chi connectivity index (χ3n) is 5.11. The molecule has 138 valence electrons. The van der Waals surface area contributed by atoms with Crippen molar-refractivity contribution in [3.8, 4) is 16.9 Å². The molecular formula is C21H25NO4. The average Bonchev–Trinajstić information content (AvgIpc) is 2.63. The quantitative estimate of drug-likeness (QED) is 0.834. The number of pyridine rings is 1. The molecule has 26 heavy (non-hydrogen) atoms. The number of hydrogen-bond acceptors (Lipinski definition) is 4. The molecule has 5 nitrogen and oxygen atoms in total. The van der Waals surface area contributed by atoms with Gasteiger partial charge in [-0.15, -0.1) is 0 Å². The van der Waals surface area contributed by atoms with E-state index in [1.54, 1.807) is 30.5 Å². The second kappa shape index (κ2) is 7.77. The second-order valence-corrected chi connectivity index (χ2v) is 6.74. The third-order valence-corrected chi connectivity index (χ3v) is 5.11. The molecule has 2 aromatic rings. The fourth-order valence-corrected chi connectivity index (χ4v) is 3.88. The fourth-order valence-electron chi connectivity index (χ4n) is 3.88. The Morgan fingerprint density at radius 3 is 2.46 bits per heavy atom. The van der Waals surface area contributed by atoms with Crippen LogP contribution in [0.5, 0.6) is 5.75 Å². The lowest BCUT2D eigenvalue weighted by atomic mass is 9.93. The molecule has 1 aliphatic carbocycles. The first kappa shape index (κ1) is 18.2. The van der Waals surface area contributed by atoms with Crippen LogP contribution in [0.2, 0.25) is 0 Å². The average molecular weight is 355 g/mol. The molecule has 1 aromatic carbocycles. The second-order valence-electron chi connectivity index (χ2n) is 6.74. The molecular weight excluding hydrogens is 330 g/mol. The minimum Gasteiger partial charge on any atom is -0.506 e. The van der Waals surface area contributed by atoms with Gasteiger partial charge in [0.1, 0.15) is 11.3 Å². The fraction of sp³-hybridized carbons (Fsp3) is 0.429.